The van der Waals surface area contributed by atoms with E-state index in [9.17, 15) is 14.4 Å². The van der Waals surface area contributed by atoms with Gasteiger partial charge in [0.25, 0.3) is 0 Å². The molecule has 10 nitrogen and oxygen atoms in total. The van der Waals surface area contributed by atoms with Gasteiger partial charge in [-0.25, -0.2) is 14.6 Å². The third-order valence-electron chi connectivity index (χ3n) is 5.88. The largest absolute Gasteiger partial charge is 0.453 e. The zero-order chi connectivity index (χ0) is 22.9. The Morgan fingerprint density at radius 1 is 1.24 bits per heavy atom. The molecule has 0 spiro atoms. The first kappa shape index (κ1) is 20.7. The minimum Gasteiger partial charge on any atom is -0.453 e. The number of hydrogen-bond acceptors (Lipinski definition) is 7. The highest BCUT2D eigenvalue weighted by Gasteiger charge is 2.47. The number of nitrogens with zero attached hydrogens (tertiary/aromatic N) is 4. The van der Waals surface area contributed by atoms with Crippen LogP contribution in [0.25, 0.3) is 11.1 Å². The number of carbonyl (C=O) groups excluding carboxylic acids is 3. The van der Waals surface area contributed by atoms with E-state index in [0.717, 1.165) is 22.4 Å². The number of carbonyl (C=O) groups is 3. The number of aromatic nitrogens is 3. The average Bonchev–Trinajstić information content (AvgIpc) is 3.54. The number of methoxy groups -OCH3 is 1. The van der Waals surface area contributed by atoms with Gasteiger partial charge in [-0.2, -0.15) is 0 Å². The highest BCUT2D eigenvalue weighted by molar-refractivity contribution is 5.95. The Morgan fingerprint density at radius 2 is 2.09 bits per heavy atom. The number of alkyl carbamates (subject to hydrolysis) is 1. The van der Waals surface area contributed by atoms with Crippen molar-refractivity contribution in [2.45, 2.75) is 25.1 Å². The first-order valence-electron chi connectivity index (χ1n) is 10.4. The van der Waals surface area contributed by atoms with E-state index >= 15 is 0 Å². The molecule has 0 bridgehead atoms. The van der Waals surface area contributed by atoms with Crippen molar-refractivity contribution in [3.63, 3.8) is 0 Å². The molecule has 168 valence electrons. The van der Waals surface area contributed by atoms with E-state index in [0.29, 0.717) is 12.1 Å². The molecule has 1 saturated heterocycles. The van der Waals surface area contributed by atoms with Crippen LogP contribution in [0.5, 0.6) is 0 Å². The number of amides is 2. The van der Waals surface area contributed by atoms with Gasteiger partial charge in [-0.3, -0.25) is 14.7 Å². The molecule has 33 heavy (non-hydrogen) atoms. The average molecular weight is 447 g/mol. The molecule has 0 saturated carbocycles. The summed E-state index contributed by atoms with van der Waals surface area (Å²) in [7, 11) is 1.28. The van der Waals surface area contributed by atoms with E-state index in [1.165, 1.54) is 7.11 Å². The molecular weight excluding hydrogens is 426 g/mol. The topological polar surface area (TPSA) is 116 Å². The van der Waals surface area contributed by atoms with Gasteiger partial charge in [-0.05, 0) is 35.7 Å². The molecule has 0 unspecified atom stereocenters. The number of benzene rings is 1. The summed E-state index contributed by atoms with van der Waals surface area (Å²) in [6.07, 6.45) is 5.78. The lowest BCUT2D eigenvalue weighted by atomic mass is 10.0. The molecule has 10 heteroatoms. The maximum Gasteiger partial charge on any atom is 0.415 e. The molecule has 4 heterocycles. The fourth-order valence-corrected chi connectivity index (χ4v) is 4.25. The van der Waals surface area contributed by atoms with E-state index in [4.69, 9.17) is 4.74 Å². The zero-order valence-electron chi connectivity index (χ0n) is 17.8. The molecule has 2 aliphatic heterocycles. The van der Waals surface area contributed by atoms with Crippen LogP contribution >= 0.6 is 0 Å². The summed E-state index contributed by atoms with van der Waals surface area (Å²) in [5.41, 5.74) is 4.01. The Balaban J connectivity index is 1.31. The normalized spacial score (nSPS) is 18.5. The lowest BCUT2D eigenvalue weighted by molar-refractivity contribution is 0.0967. The smallest absolute Gasteiger partial charge is 0.415 e. The molecule has 1 fully saturated rings. The van der Waals surface area contributed by atoms with Gasteiger partial charge in [0.05, 0.1) is 38.3 Å². The van der Waals surface area contributed by atoms with Crippen LogP contribution in [0.1, 0.15) is 16.1 Å². The van der Waals surface area contributed by atoms with Gasteiger partial charge in [0, 0.05) is 24.2 Å². The Labute approximate surface area is 189 Å². The van der Waals surface area contributed by atoms with Crippen molar-refractivity contribution in [1.29, 1.82) is 0 Å². The maximum absolute atomic E-state index is 12.4. The van der Waals surface area contributed by atoms with Crippen LogP contribution in [0.2, 0.25) is 0 Å². The molecule has 5 rings (SSSR count). The van der Waals surface area contributed by atoms with Gasteiger partial charge in [-0.15, -0.1) is 0 Å². The monoisotopic (exact) mass is 447 g/mol. The quantitative estimate of drug-likeness (QED) is 0.577. The Bertz CT molecular complexity index is 1210. The molecular formula is C23H21N5O5. The Morgan fingerprint density at radius 3 is 2.82 bits per heavy atom. The molecule has 1 N–H and O–H groups in total. The third kappa shape index (κ3) is 3.91. The fraction of sp³-hybridized carbons (Fsp3) is 0.261. The van der Waals surface area contributed by atoms with Crippen molar-refractivity contribution in [1.82, 2.24) is 19.9 Å². The number of anilines is 1. The summed E-state index contributed by atoms with van der Waals surface area (Å²) in [6, 6.07) is 9.21. The number of hydrogen-bond donors (Lipinski definition) is 1. The summed E-state index contributed by atoms with van der Waals surface area (Å²) in [5.74, 6) is -0.0979. The highest BCUT2D eigenvalue weighted by atomic mass is 16.6. The summed E-state index contributed by atoms with van der Waals surface area (Å²) in [6.45, 7) is 0.365. The van der Waals surface area contributed by atoms with Crippen LogP contribution < -0.4 is 10.2 Å². The van der Waals surface area contributed by atoms with Gasteiger partial charge in [0.1, 0.15) is 11.8 Å². The second-order valence-corrected chi connectivity index (χ2v) is 7.87. The summed E-state index contributed by atoms with van der Waals surface area (Å²) >= 11 is 0. The molecule has 3 aromatic rings. The van der Waals surface area contributed by atoms with Crippen LogP contribution in [-0.2, 0) is 22.4 Å². The SMILES string of the molecule is COC(=O)NC[C@@H]1OC(=O)N2c3ccc(-c4ccc(C(=O)Cn5ccnc5)nc4)cc3C[C@@H]12. The Hall–Kier alpha value is -4.21. The number of ether oxygens (including phenoxy) is 2. The standard InChI is InChI=1S/C23H21N5O5/c1-32-22(30)26-11-21-19-9-16-8-14(3-5-18(16)28(19)23(31)33-21)15-2-4-17(25-10-15)20(29)12-27-7-6-24-13-27/h2-8,10,13,19,21H,9,11-12H2,1H3,(H,26,30)/t19-,21-/m0/s1. The summed E-state index contributed by atoms with van der Waals surface area (Å²) in [4.78, 5) is 46.1. The third-order valence-corrected chi connectivity index (χ3v) is 5.88. The number of Topliss-reactive ketones (excluding diaryl/α,β-unsaturated/α-hetero) is 1. The summed E-state index contributed by atoms with van der Waals surface area (Å²) < 4.78 is 11.7. The number of pyridine rings is 1. The second-order valence-electron chi connectivity index (χ2n) is 7.87. The number of fused-ring (bicyclic) bond motifs is 3. The van der Waals surface area contributed by atoms with Crippen molar-refractivity contribution in [3.05, 3.63) is 66.5 Å². The molecule has 0 aliphatic carbocycles. The lowest BCUT2D eigenvalue weighted by Crippen LogP contribution is -2.40. The van der Waals surface area contributed by atoms with Gasteiger partial charge >= 0.3 is 12.2 Å². The van der Waals surface area contributed by atoms with E-state index in [2.05, 4.69) is 20.0 Å². The van der Waals surface area contributed by atoms with E-state index < -0.39 is 18.3 Å². The fourth-order valence-electron chi connectivity index (χ4n) is 4.25. The van der Waals surface area contributed by atoms with Gasteiger partial charge in [0.15, 0.2) is 0 Å². The highest BCUT2D eigenvalue weighted by Crippen LogP contribution is 2.40. The number of ketones is 1. The van der Waals surface area contributed by atoms with Crippen molar-refractivity contribution >= 4 is 23.7 Å². The van der Waals surface area contributed by atoms with Crippen LogP contribution in [-0.4, -0.2) is 58.3 Å². The number of cyclic esters (lactones) is 1. The molecule has 2 aliphatic rings. The second kappa shape index (κ2) is 8.38. The van der Waals surface area contributed by atoms with E-state index in [-0.39, 0.29) is 24.9 Å². The van der Waals surface area contributed by atoms with Gasteiger partial charge in [0.2, 0.25) is 5.78 Å². The van der Waals surface area contributed by atoms with E-state index in [1.54, 1.807) is 40.5 Å². The van der Waals surface area contributed by atoms with Crippen molar-refractivity contribution in [3.8, 4) is 11.1 Å². The molecule has 2 aromatic heterocycles. The first-order valence-corrected chi connectivity index (χ1v) is 10.4. The van der Waals surface area contributed by atoms with Crippen LogP contribution in [0.3, 0.4) is 0 Å². The number of imidazole rings is 1. The minimum absolute atomic E-state index is 0.0979. The first-order chi connectivity index (χ1) is 16.0. The predicted molar refractivity (Wildman–Crippen MR) is 117 cm³/mol. The molecule has 0 radical (unpaired) electrons. The van der Waals surface area contributed by atoms with E-state index in [1.807, 2.05) is 24.3 Å². The minimum atomic E-state index is -0.568. The van der Waals surface area contributed by atoms with Crippen LogP contribution in [0.15, 0.2) is 55.2 Å². The van der Waals surface area contributed by atoms with Gasteiger partial charge < -0.3 is 19.4 Å². The van der Waals surface area contributed by atoms with Crippen molar-refractivity contribution < 1.29 is 23.9 Å². The molecule has 2 amide bonds. The number of nitrogens with one attached hydrogen (secondary N) is 1. The summed E-state index contributed by atoms with van der Waals surface area (Å²) in [5, 5.41) is 2.59. The predicted octanol–water partition coefficient (Wildman–Crippen LogP) is 2.43. The van der Waals surface area contributed by atoms with Crippen LogP contribution in [0, 0.1) is 0 Å². The zero-order valence-corrected chi connectivity index (χ0v) is 17.8. The van der Waals surface area contributed by atoms with Gasteiger partial charge in [-0.1, -0.05) is 12.1 Å². The Kier molecular flexibility index (Phi) is 5.25. The molecule has 1 aromatic carbocycles. The van der Waals surface area contributed by atoms with Crippen molar-refractivity contribution in [2.75, 3.05) is 18.6 Å². The van der Waals surface area contributed by atoms with Crippen molar-refractivity contribution in [2.24, 2.45) is 0 Å². The molecule has 2 atom stereocenters. The number of rotatable bonds is 6. The van der Waals surface area contributed by atoms with Crippen LogP contribution in [0.4, 0.5) is 15.3 Å². The lowest BCUT2D eigenvalue weighted by Gasteiger charge is -2.16. The maximum atomic E-state index is 12.4.